The van der Waals surface area contributed by atoms with E-state index in [1.165, 1.54) is 25.9 Å². The van der Waals surface area contributed by atoms with E-state index >= 15 is 0 Å². The lowest BCUT2D eigenvalue weighted by Gasteiger charge is -2.16. The summed E-state index contributed by atoms with van der Waals surface area (Å²) in [7, 11) is 0. The first kappa shape index (κ1) is 12.7. The lowest BCUT2D eigenvalue weighted by atomic mass is 10.1. The molecule has 0 heterocycles. The van der Waals surface area contributed by atoms with Crippen molar-refractivity contribution < 1.29 is 0 Å². The minimum atomic E-state index is 0.835. The van der Waals surface area contributed by atoms with Crippen LogP contribution in [-0.4, -0.2) is 16.2 Å². The highest BCUT2D eigenvalue weighted by Crippen LogP contribution is 2.09. The molecule has 74 valence electrons. The third kappa shape index (κ3) is 8.78. The maximum absolute atomic E-state index is 2.44. The van der Waals surface area contributed by atoms with Crippen LogP contribution >= 0.6 is 22.9 Å². The summed E-state index contributed by atoms with van der Waals surface area (Å²) in [6.07, 6.45) is 2.64. The molecule has 0 amide bonds. The molecule has 0 aromatic heterocycles. The Morgan fingerprint density at radius 3 is 1.50 bits per heavy atom. The third-order valence-corrected chi connectivity index (χ3v) is 2.86. The van der Waals surface area contributed by atoms with Crippen LogP contribution in [0.3, 0.4) is 0 Å². The van der Waals surface area contributed by atoms with Crippen molar-refractivity contribution in [1.82, 2.24) is 3.11 Å². The maximum atomic E-state index is 2.44. The Bertz CT molecular complexity index is 90.0. The zero-order valence-corrected chi connectivity index (χ0v) is 11.0. The van der Waals surface area contributed by atoms with Crippen molar-refractivity contribution in [3.8, 4) is 0 Å². The summed E-state index contributed by atoms with van der Waals surface area (Å²) in [6, 6.07) is 0. The normalized spacial score (nSPS) is 12.0. The predicted molar refractivity (Wildman–Crippen MR) is 64.5 cm³/mol. The number of rotatable bonds is 6. The molecule has 0 aliphatic rings. The lowest BCUT2D eigenvalue weighted by molar-refractivity contribution is 0.412. The Morgan fingerprint density at radius 1 is 0.917 bits per heavy atom. The first-order valence-electron chi connectivity index (χ1n) is 4.93. The van der Waals surface area contributed by atoms with Crippen LogP contribution in [-0.2, 0) is 0 Å². The van der Waals surface area contributed by atoms with Gasteiger partial charge in [0.15, 0.2) is 0 Å². The molecule has 0 atom stereocenters. The van der Waals surface area contributed by atoms with Crippen LogP contribution < -0.4 is 0 Å². The minimum Gasteiger partial charge on any atom is -0.248 e. The van der Waals surface area contributed by atoms with Gasteiger partial charge >= 0.3 is 0 Å². The summed E-state index contributed by atoms with van der Waals surface area (Å²) in [6.45, 7) is 11.6. The fourth-order valence-electron chi connectivity index (χ4n) is 0.908. The van der Waals surface area contributed by atoms with Gasteiger partial charge in [0.05, 0.1) is 0 Å². The summed E-state index contributed by atoms with van der Waals surface area (Å²) in [5.74, 6) is 1.67. The van der Waals surface area contributed by atoms with Crippen LogP contribution in [0.5, 0.6) is 0 Å². The molecule has 12 heavy (non-hydrogen) atoms. The monoisotopic (exact) mass is 283 g/mol. The van der Waals surface area contributed by atoms with E-state index in [4.69, 9.17) is 0 Å². The summed E-state index contributed by atoms with van der Waals surface area (Å²) < 4.78 is 2.41. The van der Waals surface area contributed by atoms with Crippen molar-refractivity contribution >= 4 is 22.9 Å². The molecule has 0 aromatic carbocycles. The molecule has 0 rings (SSSR count). The Balaban J connectivity index is 3.27. The van der Waals surface area contributed by atoms with Crippen molar-refractivity contribution in [3.63, 3.8) is 0 Å². The zero-order chi connectivity index (χ0) is 9.56. The average Bonchev–Trinajstić information content (AvgIpc) is 1.96. The molecular weight excluding hydrogens is 261 g/mol. The maximum Gasteiger partial charge on any atom is 0.0201 e. The van der Waals surface area contributed by atoms with E-state index in [2.05, 4.69) is 53.7 Å². The van der Waals surface area contributed by atoms with Gasteiger partial charge < -0.3 is 0 Å². The predicted octanol–water partition coefficient (Wildman–Crippen LogP) is 3.73. The highest BCUT2D eigenvalue weighted by Gasteiger charge is 2.02. The molecule has 2 heteroatoms. The number of halogens is 1. The molecule has 0 aromatic rings. The first-order valence-corrected chi connectivity index (χ1v) is 5.89. The second-order valence-corrected chi connectivity index (χ2v) is 5.64. The van der Waals surface area contributed by atoms with Crippen molar-refractivity contribution in [1.29, 1.82) is 0 Å². The molecule has 0 spiro atoms. The Morgan fingerprint density at radius 2 is 1.25 bits per heavy atom. The minimum absolute atomic E-state index is 0.835. The lowest BCUT2D eigenvalue weighted by Crippen LogP contribution is -2.17. The summed E-state index contributed by atoms with van der Waals surface area (Å²) in [4.78, 5) is 0. The molecule has 0 N–H and O–H groups in total. The summed E-state index contributed by atoms with van der Waals surface area (Å²) >= 11 is 2.44. The molecule has 0 aliphatic heterocycles. The number of hydrogen-bond acceptors (Lipinski definition) is 1. The smallest absolute Gasteiger partial charge is 0.0201 e. The van der Waals surface area contributed by atoms with E-state index in [-0.39, 0.29) is 0 Å². The van der Waals surface area contributed by atoms with Crippen LogP contribution in [0.2, 0.25) is 0 Å². The molecule has 1 nitrogen and oxygen atoms in total. The highest BCUT2D eigenvalue weighted by molar-refractivity contribution is 14.1. The van der Waals surface area contributed by atoms with Crippen molar-refractivity contribution in [2.75, 3.05) is 13.1 Å². The fourth-order valence-corrected chi connectivity index (χ4v) is 1.47. The molecule has 0 bridgehead atoms. The zero-order valence-electron chi connectivity index (χ0n) is 8.81. The third-order valence-electron chi connectivity index (χ3n) is 1.90. The van der Waals surface area contributed by atoms with E-state index in [0.29, 0.717) is 0 Å². The van der Waals surface area contributed by atoms with Gasteiger partial charge in [-0.2, -0.15) is 0 Å². The Kier molecular flexibility index (Phi) is 7.54. The van der Waals surface area contributed by atoms with E-state index in [0.717, 1.165) is 11.8 Å². The van der Waals surface area contributed by atoms with Crippen LogP contribution in [0.1, 0.15) is 40.5 Å². The van der Waals surface area contributed by atoms with Crippen molar-refractivity contribution in [3.05, 3.63) is 0 Å². The van der Waals surface area contributed by atoms with E-state index in [1.807, 2.05) is 0 Å². The summed E-state index contributed by atoms with van der Waals surface area (Å²) in [5.41, 5.74) is 0. The van der Waals surface area contributed by atoms with Gasteiger partial charge in [-0.1, -0.05) is 27.7 Å². The van der Waals surface area contributed by atoms with E-state index < -0.39 is 0 Å². The van der Waals surface area contributed by atoms with E-state index in [1.54, 1.807) is 0 Å². The van der Waals surface area contributed by atoms with Gasteiger partial charge in [0.25, 0.3) is 0 Å². The van der Waals surface area contributed by atoms with Gasteiger partial charge in [-0.3, -0.25) is 0 Å². The van der Waals surface area contributed by atoms with Gasteiger partial charge in [0.1, 0.15) is 0 Å². The van der Waals surface area contributed by atoms with Gasteiger partial charge in [-0.05, 0) is 24.7 Å². The van der Waals surface area contributed by atoms with Crippen LogP contribution in [0, 0.1) is 11.8 Å². The largest absolute Gasteiger partial charge is 0.248 e. The topological polar surface area (TPSA) is 3.24 Å². The van der Waals surface area contributed by atoms with Crippen LogP contribution in [0.25, 0.3) is 0 Å². The molecule has 0 saturated carbocycles. The quantitative estimate of drug-likeness (QED) is 0.530. The Labute approximate surface area is 91.4 Å². The molecule has 0 aliphatic carbocycles. The first-order chi connectivity index (χ1) is 5.52. The molecule has 0 radical (unpaired) electrons. The molecular formula is C10H22IN. The van der Waals surface area contributed by atoms with Crippen molar-refractivity contribution in [2.45, 2.75) is 40.5 Å². The van der Waals surface area contributed by atoms with Gasteiger partial charge in [0.2, 0.25) is 0 Å². The standard InChI is InChI=1S/C10H22IN/c1-9(2)5-7-12(11)8-6-10(3)4/h9-10H,5-8H2,1-4H3. The number of hydrogen-bond donors (Lipinski definition) is 0. The van der Waals surface area contributed by atoms with Gasteiger partial charge in [-0.15, -0.1) is 0 Å². The fraction of sp³-hybridized carbons (Fsp3) is 1.00. The molecule has 0 unspecified atom stereocenters. The molecule has 0 saturated heterocycles. The van der Waals surface area contributed by atoms with Gasteiger partial charge in [-0.25, -0.2) is 3.11 Å². The number of nitrogens with zero attached hydrogens (tertiary/aromatic N) is 1. The van der Waals surface area contributed by atoms with Gasteiger partial charge in [0, 0.05) is 36.0 Å². The Hall–Kier alpha value is 0.690. The summed E-state index contributed by atoms with van der Waals surface area (Å²) in [5, 5.41) is 0. The second kappa shape index (κ2) is 7.13. The van der Waals surface area contributed by atoms with Crippen LogP contribution in [0.15, 0.2) is 0 Å². The highest BCUT2D eigenvalue weighted by atomic mass is 127. The molecule has 0 fully saturated rings. The van der Waals surface area contributed by atoms with Crippen molar-refractivity contribution in [2.24, 2.45) is 11.8 Å². The second-order valence-electron chi connectivity index (χ2n) is 4.27. The van der Waals surface area contributed by atoms with Crippen LogP contribution in [0.4, 0.5) is 0 Å². The average molecular weight is 283 g/mol. The SMILES string of the molecule is CC(C)CCN(I)CCC(C)C. The van der Waals surface area contributed by atoms with E-state index in [9.17, 15) is 0 Å².